The Hall–Kier alpha value is -2.16. The molecular formula is C21H27NO2. The third-order valence-electron chi connectivity index (χ3n) is 4.34. The lowest BCUT2D eigenvalue weighted by atomic mass is 10.0. The highest BCUT2D eigenvalue weighted by Gasteiger charge is 2.04. The quantitative estimate of drug-likeness (QED) is 0.620. The Morgan fingerprint density at radius 2 is 1.42 bits per heavy atom. The van der Waals surface area contributed by atoms with E-state index in [0.717, 1.165) is 18.4 Å². The van der Waals surface area contributed by atoms with Crippen molar-refractivity contribution in [2.45, 2.75) is 58.3 Å². The Labute approximate surface area is 144 Å². The Kier molecular flexibility index (Phi) is 7.47. The molecule has 0 aliphatic carbocycles. The van der Waals surface area contributed by atoms with Crippen molar-refractivity contribution < 1.29 is 9.90 Å². The van der Waals surface area contributed by atoms with Crippen molar-refractivity contribution in [3.8, 4) is 0 Å². The summed E-state index contributed by atoms with van der Waals surface area (Å²) in [5, 5.41) is 8.85. The highest BCUT2D eigenvalue weighted by Crippen LogP contribution is 2.12. The van der Waals surface area contributed by atoms with Crippen LogP contribution in [0.2, 0.25) is 0 Å². The fourth-order valence-electron chi connectivity index (χ4n) is 2.79. The van der Waals surface area contributed by atoms with Crippen LogP contribution in [0.5, 0.6) is 0 Å². The molecule has 2 aromatic rings. The zero-order chi connectivity index (χ0) is 17.2. The van der Waals surface area contributed by atoms with Gasteiger partial charge in [0.05, 0.1) is 0 Å². The normalized spacial score (nSPS) is 10.7. The molecule has 0 spiro atoms. The van der Waals surface area contributed by atoms with Crippen LogP contribution < -0.4 is 0 Å². The largest absolute Gasteiger partial charge is 0.477 e. The molecule has 0 amide bonds. The van der Waals surface area contributed by atoms with E-state index >= 15 is 0 Å². The molecular weight excluding hydrogens is 298 g/mol. The zero-order valence-corrected chi connectivity index (χ0v) is 14.5. The van der Waals surface area contributed by atoms with Gasteiger partial charge in [-0.3, -0.25) is 0 Å². The summed E-state index contributed by atoms with van der Waals surface area (Å²) in [6.07, 6.45) is 11.3. The van der Waals surface area contributed by atoms with Gasteiger partial charge in [-0.05, 0) is 48.4 Å². The minimum absolute atomic E-state index is 0.0991. The molecule has 0 atom stereocenters. The van der Waals surface area contributed by atoms with E-state index in [-0.39, 0.29) is 5.69 Å². The standard InChI is InChI=1S/C21H27NO2/c1-2-3-4-5-6-7-17-8-10-18(11-9-17)12-13-19-14-15-20(21(23)24)22-16-19/h8-11,14-16H,2-7,12-13H2,1H3,(H,23,24). The Balaban J connectivity index is 1.76. The topological polar surface area (TPSA) is 50.2 Å². The van der Waals surface area contributed by atoms with Crippen LogP contribution >= 0.6 is 0 Å². The predicted octanol–water partition coefficient (Wildman–Crippen LogP) is 5.08. The SMILES string of the molecule is CCCCCCCc1ccc(CCc2ccc(C(=O)O)nc2)cc1. The molecule has 1 heterocycles. The van der Waals surface area contributed by atoms with E-state index in [9.17, 15) is 4.79 Å². The molecule has 0 radical (unpaired) electrons. The summed E-state index contributed by atoms with van der Waals surface area (Å²) in [6.45, 7) is 2.25. The summed E-state index contributed by atoms with van der Waals surface area (Å²) in [6, 6.07) is 12.3. The van der Waals surface area contributed by atoms with E-state index in [2.05, 4.69) is 36.2 Å². The molecule has 0 saturated heterocycles. The van der Waals surface area contributed by atoms with Gasteiger partial charge in [-0.15, -0.1) is 0 Å². The van der Waals surface area contributed by atoms with Crippen LogP contribution in [-0.4, -0.2) is 16.1 Å². The van der Waals surface area contributed by atoms with Crippen molar-refractivity contribution in [3.05, 3.63) is 65.0 Å². The first-order valence-electron chi connectivity index (χ1n) is 8.95. The van der Waals surface area contributed by atoms with Crippen LogP contribution in [0.4, 0.5) is 0 Å². The van der Waals surface area contributed by atoms with Crippen LogP contribution in [0.3, 0.4) is 0 Å². The molecule has 1 N–H and O–H groups in total. The van der Waals surface area contributed by atoms with Gasteiger partial charge in [-0.25, -0.2) is 9.78 Å². The van der Waals surface area contributed by atoms with Gasteiger partial charge in [0, 0.05) is 6.20 Å². The lowest BCUT2D eigenvalue weighted by Crippen LogP contribution is -2.01. The van der Waals surface area contributed by atoms with E-state index in [1.165, 1.54) is 49.7 Å². The Bertz CT molecular complexity index is 617. The molecule has 0 aliphatic rings. The first-order valence-corrected chi connectivity index (χ1v) is 8.95. The summed E-state index contributed by atoms with van der Waals surface area (Å²) >= 11 is 0. The summed E-state index contributed by atoms with van der Waals surface area (Å²) in [5.41, 5.74) is 3.90. The van der Waals surface area contributed by atoms with E-state index < -0.39 is 5.97 Å². The number of carboxylic acid groups (broad SMARTS) is 1. The number of hydrogen-bond donors (Lipinski definition) is 1. The third-order valence-corrected chi connectivity index (χ3v) is 4.34. The van der Waals surface area contributed by atoms with Crippen molar-refractivity contribution in [3.63, 3.8) is 0 Å². The molecule has 0 bridgehead atoms. The predicted molar refractivity (Wildman–Crippen MR) is 97.5 cm³/mol. The van der Waals surface area contributed by atoms with Gasteiger partial charge in [0.25, 0.3) is 0 Å². The maximum Gasteiger partial charge on any atom is 0.354 e. The molecule has 128 valence electrons. The molecule has 0 fully saturated rings. The highest BCUT2D eigenvalue weighted by molar-refractivity contribution is 5.85. The summed E-state index contributed by atoms with van der Waals surface area (Å²) < 4.78 is 0. The molecule has 0 saturated carbocycles. The van der Waals surface area contributed by atoms with Gasteiger partial charge < -0.3 is 5.11 Å². The van der Waals surface area contributed by atoms with E-state index in [1.54, 1.807) is 12.3 Å². The number of unbranched alkanes of at least 4 members (excludes halogenated alkanes) is 4. The second-order valence-electron chi connectivity index (χ2n) is 6.34. The number of aryl methyl sites for hydroxylation is 3. The lowest BCUT2D eigenvalue weighted by molar-refractivity contribution is 0.0690. The number of rotatable bonds is 10. The van der Waals surface area contributed by atoms with Crippen LogP contribution in [0.1, 0.15) is 66.2 Å². The second-order valence-corrected chi connectivity index (χ2v) is 6.34. The van der Waals surface area contributed by atoms with Crippen LogP contribution in [-0.2, 0) is 19.3 Å². The fraction of sp³-hybridized carbons (Fsp3) is 0.429. The van der Waals surface area contributed by atoms with Gasteiger partial charge in [0.15, 0.2) is 0 Å². The van der Waals surface area contributed by atoms with Gasteiger partial charge in [0.1, 0.15) is 5.69 Å². The maximum atomic E-state index is 10.8. The number of carbonyl (C=O) groups is 1. The molecule has 1 aromatic carbocycles. The second kappa shape index (κ2) is 9.86. The van der Waals surface area contributed by atoms with Crippen molar-refractivity contribution in [1.82, 2.24) is 4.98 Å². The number of pyridine rings is 1. The third kappa shape index (κ3) is 6.15. The Morgan fingerprint density at radius 1 is 0.833 bits per heavy atom. The number of hydrogen-bond acceptors (Lipinski definition) is 2. The van der Waals surface area contributed by atoms with Gasteiger partial charge >= 0.3 is 5.97 Å². The minimum Gasteiger partial charge on any atom is -0.477 e. The molecule has 1 aromatic heterocycles. The van der Waals surface area contributed by atoms with Gasteiger partial charge in [0.2, 0.25) is 0 Å². The molecule has 2 rings (SSSR count). The van der Waals surface area contributed by atoms with Crippen molar-refractivity contribution >= 4 is 5.97 Å². The maximum absolute atomic E-state index is 10.8. The van der Waals surface area contributed by atoms with Crippen LogP contribution in [0.15, 0.2) is 42.6 Å². The summed E-state index contributed by atoms with van der Waals surface area (Å²) in [5.74, 6) is -0.980. The summed E-state index contributed by atoms with van der Waals surface area (Å²) in [4.78, 5) is 14.7. The fourth-order valence-corrected chi connectivity index (χ4v) is 2.79. The minimum atomic E-state index is -0.980. The zero-order valence-electron chi connectivity index (χ0n) is 14.5. The first kappa shape index (κ1) is 18.2. The van der Waals surface area contributed by atoms with E-state index in [0.29, 0.717) is 0 Å². The van der Waals surface area contributed by atoms with Crippen molar-refractivity contribution in [2.24, 2.45) is 0 Å². The molecule has 3 nitrogen and oxygen atoms in total. The lowest BCUT2D eigenvalue weighted by Gasteiger charge is -2.05. The number of benzene rings is 1. The number of aromatic nitrogens is 1. The monoisotopic (exact) mass is 325 g/mol. The van der Waals surface area contributed by atoms with Crippen LogP contribution in [0, 0.1) is 0 Å². The molecule has 24 heavy (non-hydrogen) atoms. The molecule has 0 aliphatic heterocycles. The average Bonchev–Trinajstić information content (AvgIpc) is 2.61. The molecule has 0 unspecified atom stereocenters. The highest BCUT2D eigenvalue weighted by atomic mass is 16.4. The van der Waals surface area contributed by atoms with Crippen molar-refractivity contribution in [1.29, 1.82) is 0 Å². The molecule has 3 heteroatoms. The van der Waals surface area contributed by atoms with Crippen molar-refractivity contribution in [2.75, 3.05) is 0 Å². The average molecular weight is 325 g/mol. The van der Waals surface area contributed by atoms with Gasteiger partial charge in [-0.2, -0.15) is 0 Å². The van der Waals surface area contributed by atoms with Crippen LogP contribution in [0.25, 0.3) is 0 Å². The van der Waals surface area contributed by atoms with Gasteiger partial charge in [-0.1, -0.05) is 62.9 Å². The number of aromatic carboxylic acids is 1. The smallest absolute Gasteiger partial charge is 0.354 e. The number of nitrogens with zero attached hydrogens (tertiary/aromatic N) is 1. The first-order chi connectivity index (χ1) is 11.7. The Morgan fingerprint density at radius 3 is 2.00 bits per heavy atom. The van der Waals surface area contributed by atoms with E-state index in [1.807, 2.05) is 6.07 Å². The van der Waals surface area contributed by atoms with E-state index in [4.69, 9.17) is 5.11 Å². The number of carboxylic acids is 1. The summed E-state index contributed by atoms with van der Waals surface area (Å²) in [7, 11) is 0.